The highest BCUT2D eigenvalue weighted by molar-refractivity contribution is 7.89. The van der Waals surface area contributed by atoms with Gasteiger partial charge in [-0.1, -0.05) is 16.8 Å². The van der Waals surface area contributed by atoms with Crippen molar-refractivity contribution in [3.63, 3.8) is 0 Å². The van der Waals surface area contributed by atoms with Crippen LogP contribution in [0.25, 0.3) is 32.9 Å². The quantitative estimate of drug-likeness (QED) is 0.571. The fourth-order valence-corrected chi connectivity index (χ4v) is 4.84. The summed E-state index contributed by atoms with van der Waals surface area (Å²) in [7, 11) is -3.69. The molecule has 2 N–H and O–H groups in total. The number of rotatable bonds is 3. The summed E-state index contributed by atoms with van der Waals surface area (Å²) in [5, 5.41) is 5.34. The van der Waals surface area contributed by atoms with E-state index in [4.69, 9.17) is 10.3 Å². The molecule has 0 aliphatic heterocycles. The third kappa shape index (κ3) is 2.60. The van der Waals surface area contributed by atoms with Gasteiger partial charge in [0, 0.05) is 16.3 Å². The molecule has 0 spiro atoms. The van der Waals surface area contributed by atoms with Crippen molar-refractivity contribution in [2.45, 2.75) is 20.8 Å². The first kappa shape index (κ1) is 18.2. The Bertz CT molecular complexity index is 1370. The molecule has 7 nitrogen and oxygen atoms in total. The molecule has 28 heavy (non-hydrogen) atoms. The minimum atomic E-state index is -3.69. The number of hydrogen-bond acceptors (Lipinski definition) is 5. The van der Waals surface area contributed by atoms with E-state index in [1.807, 2.05) is 32.0 Å². The molecule has 0 saturated carbocycles. The zero-order chi connectivity index (χ0) is 20.4. The van der Waals surface area contributed by atoms with Crippen LogP contribution in [0.2, 0.25) is 0 Å². The monoisotopic (exact) mass is 397 g/mol. The van der Waals surface area contributed by atoms with Crippen LogP contribution in [0.5, 0.6) is 0 Å². The lowest BCUT2D eigenvalue weighted by atomic mass is 9.97. The number of nitrogens with zero attached hydrogens (tertiary/aromatic N) is 2. The predicted octanol–water partition coefficient (Wildman–Crippen LogP) is 3.28. The van der Waals surface area contributed by atoms with E-state index in [9.17, 15) is 13.2 Å². The summed E-state index contributed by atoms with van der Waals surface area (Å²) in [6.45, 7) is 5.52. The summed E-state index contributed by atoms with van der Waals surface area (Å²) in [4.78, 5) is 12.3. The number of aromatic nitrogens is 2. The zero-order valence-electron chi connectivity index (χ0n) is 15.9. The lowest BCUT2D eigenvalue weighted by Gasteiger charge is -2.09. The maximum Gasteiger partial charge on any atom is 0.250 e. The van der Waals surface area contributed by atoms with Crippen LogP contribution in [0.3, 0.4) is 0 Å². The Balaban J connectivity index is 2.29. The first-order valence-corrected chi connectivity index (χ1v) is 10.5. The first-order chi connectivity index (χ1) is 13.1. The summed E-state index contributed by atoms with van der Waals surface area (Å²) >= 11 is 0. The topological polar surface area (TPSA) is 108 Å². The molecule has 2 aromatic carbocycles. The average molecular weight is 397 g/mol. The molecule has 2 aromatic heterocycles. The van der Waals surface area contributed by atoms with Crippen LogP contribution in [0.1, 0.15) is 27.4 Å². The molecule has 144 valence electrons. The summed E-state index contributed by atoms with van der Waals surface area (Å²) in [5.41, 5.74) is 9.69. The van der Waals surface area contributed by atoms with Gasteiger partial charge in [-0.25, -0.2) is 12.4 Å². The zero-order valence-corrected chi connectivity index (χ0v) is 16.7. The van der Waals surface area contributed by atoms with Gasteiger partial charge >= 0.3 is 0 Å². The van der Waals surface area contributed by atoms with Crippen LogP contribution < -0.4 is 5.73 Å². The fraction of sp³-hybridized carbons (Fsp3) is 0.200. The Kier molecular flexibility index (Phi) is 3.87. The van der Waals surface area contributed by atoms with E-state index in [2.05, 4.69) is 5.16 Å². The minimum absolute atomic E-state index is 0.131. The fourth-order valence-electron chi connectivity index (χ4n) is 3.79. The molecule has 4 aromatic rings. The van der Waals surface area contributed by atoms with Gasteiger partial charge in [-0.05, 0) is 50.6 Å². The molecule has 0 aliphatic rings. The molecular formula is C20H19N3O4S. The highest BCUT2D eigenvalue weighted by Gasteiger charge is 2.24. The minimum Gasteiger partial charge on any atom is -0.366 e. The second-order valence-corrected chi connectivity index (χ2v) is 8.86. The van der Waals surface area contributed by atoms with Gasteiger partial charge in [0.1, 0.15) is 5.76 Å². The van der Waals surface area contributed by atoms with Crippen LogP contribution in [-0.4, -0.2) is 29.7 Å². The molecule has 0 bridgehead atoms. The number of aryl methyl sites for hydroxylation is 3. The van der Waals surface area contributed by atoms with E-state index in [0.717, 1.165) is 22.8 Å². The second-order valence-electron chi connectivity index (χ2n) is 7.03. The Morgan fingerprint density at radius 3 is 2.39 bits per heavy atom. The van der Waals surface area contributed by atoms with Crippen molar-refractivity contribution < 1.29 is 17.7 Å². The lowest BCUT2D eigenvalue weighted by Crippen LogP contribution is -2.16. The summed E-state index contributed by atoms with van der Waals surface area (Å²) in [5.74, 6) is -0.0988. The maximum absolute atomic E-state index is 12.6. The van der Waals surface area contributed by atoms with Crippen molar-refractivity contribution in [2.75, 3.05) is 6.26 Å². The first-order valence-electron chi connectivity index (χ1n) is 8.62. The van der Waals surface area contributed by atoms with E-state index in [1.165, 1.54) is 3.97 Å². The molecule has 0 atom stereocenters. The third-order valence-electron chi connectivity index (χ3n) is 4.89. The van der Waals surface area contributed by atoms with E-state index in [-0.39, 0.29) is 11.1 Å². The highest BCUT2D eigenvalue weighted by atomic mass is 32.2. The van der Waals surface area contributed by atoms with Gasteiger partial charge in [-0.2, -0.15) is 0 Å². The van der Waals surface area contributed by atoms with Gasteiger partial charge in [0.2, 0.25) is 10.0 Å². The Morgan fingerprint density at radius 1 is 1.11 bits per heavy atom. The van der Waals surface area contributed by atoms with Crippen LogP contribution in [0.4, 0.5) is 0 Å². The van der Waals surface area contributed by atoms with Crippen LogP contribution in [0.15, 0.2) is 34.9 Å². The van der Waals surface area contributed by atoms with Gasteiger partial charge in [0.25, 0.3) is 5.91 Å². The smallest absolute Gasteiger partial charge is 0.250 e. The van der Waals surface area contributed by atoms with Crippen molar-refractivity contribution in [3.05, 3.63) is 52.9 Å². The molecule has 0 aliphatic carbocycles. The number of primary amides is 1. The molecule has 0 fully saturated rings. The number of amides is 1. The van der Waals surface area contributed by atoms with Gasteiger partial charge in [-0.3, -0.25) is 4.79 Å². The summed E-state index contributed by atoms with van der Waals surface area (Å²) < 4.78 is 31.6. The standard InChI is InChI=1S/C20H19N3O4S/c1-10-5-6-17-14(7-10)15-8-13(18-11(2)22-27-12(18)3)9-16(20(21)24)19(15)23(17)28(4,25)26/h5-9H,1-4H3,(H2,21,24). The normalized spacial score (nSPS) is 12.1. The van der Waals surface area contributed by atoms with E-state index < -0.39 is 15.9 Å². The van der Waals surface area contributed by atoms with Gasteiger partial charge < -0.3 is 10.3 Å². The molecule has 2 heterocycles. The lowest BCUT2D eigenvalue weighted by molar-refractivity contribution is 0.100. The molecule has 8 heteroatoms. The molecule has 1 amide bonds. The van der Waals surface area contributed by atoms with Gasteiger partial charge in [0.05, 0.1) is 28.5 Å². The Morgan fingerprint density at radius 2 is 1.82 bits per heavy atom. The predicted molar refractivity (Wildman–Crippen MR) is 108 cm³/mol. The van der Waals surface area contributed by atoms with Crippen molar-refractivity contribution in [1.29, 1.82) is 0 Å². The third-order valence-corrected chi connectivity index (χ3v) is 5.94. The number of fused-ring (bicyclic) bond motifs is 3. The Hall–Kier alpha value is -3.13. The van der Waals surface area contributed by atoms with Crippen molar-refractivity contribution in [3.8, 4) is 11.1 Å². The number of nitrogens with two attached hydrogens (primary N) is 1. The molecule has 0 saturated heterocycles. The van der Waals surface area contributed by atoms with E-state index >= 15 is 0 Å². The van der Waals surface area contributed by atoms with Crippen molar-refractivity contribution >= 4 is 37.7 Å². The van der Waals surface area contributed by atoms with Crippen LogP contribution in [0, 0.1) is 20.8 Å². The Labute approximate surface area is 161 Å². The number of carbonyl (C=O) groups excluding carboxylic acids is 1. The van der Waals surface area contributed by atoms with Crippen molar-refractivity contribution in [2.24, 2.45) is 5.73 Å². The highest BCUT2D eigenvalue weighted by Crippen LogP contribution is 2.38. The number of carbonyl (C=O) groups is 1. The summed E-state index contributed by atoms with van der Waals surface area (Å²) in [6, 6.07) is 8.94. The number of hydrogen-bond donors (Lipinski definition) is 1. The van der Waals surface area contributed by atoms with Crippen molar-refractivity contribution in [1.82, 2.24) is 9.13 Å². The van der Waals surface area contributed by atoms with Gasteiger partial charge in [0.15, 0.2) is 0 Å². The molecular weight excluding hydrogens is 378 g/mol. The SMILES string of the molecule is Cc1ccc2c(c1)c1cc(-c3c(C)noc3C)cc(C(N)=O)c1n2S(C)(=O)=O. The van der Waals surface area contributed by atoms with Gasteiger partial charge in [-0.15, -0.1) is 0 Å². The molecule has 0 radical (unpaired) electrons. The second kappa shape index (κ2) is 5.93. The van der Waals surface area contributed by atoms with Crippen LogP contribution in [-0.2, 0) is 10.0 Å². The summed E-state index contributed by atoms with van der Waals surface area (Å²) in [6.07, 6.45) is 1.11. The maximum atomic E-state index is 12.6. The van der Waals surface area contributed by atoms with E-state index in [0.29, 0.717) is 27.9 Å². The number of benzene rings is 2. The molecule has 4 rings (SSSR count). The molecule has 0 unspecified atom stereocenters. The van der Waals surface area contributed by atoms with Crippen LogP contribution >= 0.6 is 0 Å². The van der Waals surface area contributed by atoms with E-state index in [1.54, 1.807) is 19.1 Å². The average Bonchev–Trinajstić information content (AvgIpc) is 3.10. The largest absolute Gasteiger partial charge is 0.366 e.